The van der Waals surface area contributed by atoms with E-state index in [1.165, 1.54) is 10.4 Å². The van der Waals surface area contributed by atoms with E-state index in [1.54, 1.807) is 0 Å². The third kappa shape index (κ3) is 5.62. The summed E-state index contributed by atoms with van der Waals surface area (Å²) in [5.41, 5.74) is 2.89. The molecule has 2 heterocycles. The zero-order chi connectivity index (χ0) is 28.0. The fourth-order valence-electron chi connectivity index (χ4n) is 6.00. The summed E-state index contributed by atoms with van der Waals surface area (Å²) >= 11 is 0. The van der Waals surface area contributed by atoms with Gasteiger partial charge in [-0.15, -0.1) is 0 Å². The van der Waals surface area contributed by atoms with Crippen molar-refractivity contribution in [3.63, 3.8) is 0 Å². The highest BCUT2D eigenvalue weighted by Gasteiger charge is 2.50. The van der Waals surface area contributed by atoms with E-state index < -0.39 is 8.07 Å². The van der Waals surface area contributed by atoms with Crippen LogP contribution < -0.4 is 15.6 Å². The molecule has 4 nitrogen and oxygen atoms in total. The van der Waals surface area contributed by atoms with Gasteiger partial charge in [0.05, 0.1) is 11.4 Å². The van der Waals surface area contributed by atoms with Crippen LogP contribution in [-0.4, -0.2) is 28.0 Å². The fourth-order valence-corrected chi connectivity index (χ4v) is 11.7. The molecule has 40 heavy (non-hydrogen) atoms. The van der Waals surface area contributed by atoms with Gasteiger partial charge >= 0.3 is 0 Å². The topological polar surface area (TPSA) is 49.2 Å². The Balaban J connectivity index is 1.63. The minimum atomic E-state index is -2.69. The first-order valence-corrected chi connectivity index (χ1v) is 15.8. The van der Waals surface area contributed by atoms with E-state index in [0.29, 0.717) is 25.4 Å². The predicted molar refractivity (Wildman–Crippen MR) is 167 cm³/mol. The molecule has 202 valence electrons. The normalized spacial score (nSPS) is 12.0. The van der Waals surface area contributed by atoms with Crippen molar-refractivity contribution in [1.82, 2.24) is 14.9 Å². The quantitative estimate of drug-likeness (QED) is 0.193. The Kier molecular flexibility index (Phi) is 8.24. The number of rotatable bonds is 9. The molecule has 0 fully saturated rings. The molecule has 0 saturated heterocycles. The Morgan fingerprint density at radius 1 is 0.600 bits per heavy atom. The van der Waals surface area contributed by atoms with Gasteiger partial charge in [-0.2, -0.15) is 0 Å². The first kappa shape index (κ1) is 27.5. The van der Waals surface area contributed by atoms with Crippen molar-refractivity contribution in [2.45, 2.75) is 45.4 Å². The SMILES string of the molecule is CC(C)(C)[Si](c1ccccc1)(c1ccccc1)c1cccc(CN(Cc2ccccn2)Cc2ccccn2)c1O. The lowest BCUT2D eigenvalue weighted by Crippen LogP contribution is -2.72. The lowest BCUT2D eigenvalue weighted by Gasteiger charge is -2.45. The number of aromatic nitrogens is 2. The summed E-state index contributed by atoms with van der Waals surface area (Å²) in [4.78, 5) is 11.5. The Morgan fingerprint density at radius 3 is 1.55 bits per heavy atom. The number of para-hydroxylation sites is 1. The molecular weight excluding hydrogens is 506 g/mol. The van der Waals surface area contributed by atoms with Gasteiger partial charge in [0.25, 0.3) is 0 Å². The fraction of sp³-hybridized carbons (Fsp3) is 0.200. The summed E-state index contributed by atoms with van der Waals surface area (Å²) < 4.78 is 0. The second-order valence-electron chi connectivity index (χ2n) is 11.3. The minimum absolute atomic E-state index is 0.118. The molecule has 0 unspecified atom stereocenters. The van der Waals surface area contributed by atoms with E-state index in [0.717, 1.165) is 22.1 Å². The first-order chi connectivity index (χ1) is 19.4. The highest BCUT2D eigenvalue weighted by molar-refractivity contribution is 7.13. The molecule has 5 aromatic rings. The molecule has 0 amide bonds. The van der Waals surface area contributed by atoms with Crippen molar-refractivity contribution in [2.75, 3.05) is 0 Å². The van der Waals surface area contributed by atoms with Gasteiger partial charge in [0, 0.05) is 37.6 Å². The number of pyridine rings is 2. The Hall–Kier alpha value is -4.06. The van der Waals surface area contributed by atoms with Crippen LogP contribution >= 0.6 is 0 Å². The van der Waals surface area contributed by atoms with Gasteiger partial charge in [-0.25, -0.2) is 0 Å². The average Bonchev–Trinajstić information content (AvgIpc) is 2.97. The Labute approximate surface area is 239 Å². The lowest BCUT2D eigenvalue weighted by molar-refractivity contribution is 0.238. The van der Waals surface area contributed by atoms with E-state index in [4.69, 9.17) is 0 Å². The van der Waals surface area contributed by atoms with Gasteiger partial charge in [-0.3, -0.25) is 14.9 Å². The number of aromatic hydroxyl groups is 1. The number of hydrogen-bond acceptors (Lipinski definition) is 4. The number of phenols is 1. The van der Waals surface area contributed by atoms with Gasteiger partial charge in [0.1, 0.15) is 5.75 Å². The monoisotopic (exact) mass is 543 g/mol. The third-order valence-electron chi connectivity index (χ3n) is 7.68. The van der Waals surface area contributed by atoms with E-state index in [2.05, 4.69) is 115 Å². The lowest BCUT2D eigenvalue weighted by atomic mass is 10.1. The van der Waals surface area contributed by atoms with Crippen molar-refractivity contribution in [2.24, 2.45) is 0 Å². The number of phenolic OH excluding ortho intramolecular Hbond substituents is 1. The number of nitrogens with zero attached hydrogens (tertiary/aromatic N) is 3. The summed E-state index contributed by atoms with van der Waals surface area (Å²) in [6, 6.07) is 39.9. The predicted octanol–water partition coefficient (Wildman–Crippen LogP) is 5.65. The van der Waals surface area contributed by atoms with E-state index >= 15 is 0 Å². The van der Waals surface area contributed by atoms with Crippen LogP contribution in [0.4, 0.5) is 0 Å². The van der Waals surface area contributed by atoms with Crippen LogP contribution in [0, 0.1) is 0 Å². The van der Waals surface area contributed by atoms with E-state index in [1.807, 2.05) is 48.8 Å². The van der Waals surface area contributed by atoms with Crippen LogP contribution in [0.5, 0.6) is 5.75 Å². The second kappa shape index (κ2) is 12.0. The average molecular weight is 544 g/mol. The smallest absolute Gasteiger partial charge is 0.158 e. The van der Waals surface area contributed by atoms with Crippen molar-refractivity contribution in [3.05, 3.63) is 145 Å². The molecule has 0 saturated carbocycles. The number of benzene rings is 3. The summed E-state index contributed by atoms with van der Waals surface area (Å²) in [6.45, 7) is 8.84. The Morgan fingerprint density at radius 2 is 1.10 bits per heavy atom. The van der Waals surface area contributed by atoms with Crippen molar-refractivity contribution in [3.8, 4) is 5.75 Å². The summed E-state index contributed by atoms with van der Waals surface area (Å²) in [5.74, 6) is 0.392. The van der Waals surface area contributed by atoms with Crippen molar-refractivity contribution >= 4 is 23.6 Å². The van der Waals surface area contributed by atoms with Gasteiger partial charge in [-0.1, -0.05) is 112 Å². The first-order valence-electron chi connectivity index (χ1n) is 13.8. The number of hydrogen-bond donors (Lipinski definition) is 1. The third-order valence-corrected chi connectivity index (χ3v) is 13.5. The van der Waals surface area contributed by atoms with Crippen molar-refractivity contribution in [1.29, 1.82) is 0 Å². The van der Waals surface area contributed by atoms with E-state index in [9.17, 15) is 5.11 Å². The largest absolute Gasteiger partial charge is 0.508 e. The highest BCUT2D eigenvalue weighted by atomic mass is 28.3. The standard InChI is InChI=1S/C35H37N3OSi/c1-35(2,3)40(31-18-6-4-7-19-31,32-20-8-5-9-21-32)33-22-14-15-28(34(33)39)25-38(26-29-16-10-12-23-36-29)27-30-17-11-13-24-37-30/h4-24,39H,25-27H2,1-3H3. The molecule has 5 rings (SSSR count). The summed E-state index contributed by atoms with van der Waals surface area (Å²) in [7, 11) is -2.69. The van der Waals surface area contributed by atoms with Crippen LogP contribution in [-0.2, 0) is 19.6 Å². The maximum Gasteiger partial charge on any atom is 0.158 e. The van der Waals surface area contributed by atoms with Crippen molar-refractivity contribution < 1.29 is 5.11 Å². The van der Waals surface area contributed by atoms with Crippen LogP contribution in [0.2, 0.25) is 5.04 Å². The van der Waals surface area contributed by atoms with Gasteiger partial charge in [0.15, 0.2) is 8.07 Å². The molecular formula is C35H37N3OSi. The molecule has 0 aliphatic carbocycles. The molecule has 0 aliphatic rings. The molecule has 0 bridgehead atoms. The Bertz CT molecular complexity index is 1420. The van der Waals surface area contributed by atoms with Crippen LogP contribution in [0.1, 0.15) is 37.7 Å². The van der Waals surface area contributed by atoms with E-state index in [-0.39, 0.29) is 5.04 Å². The molecule has 0 atom stereocenters. The summed E-state index contributed by atoms with van der Waals surface area (Å²) in [5, 5.41) is 15.7. The molecule has 0 spiro atoms. The highest BCUT2D eigenvalue weighted by Crippen LogP contribution is 2.38. The molecule has 5 heteroatoms. The molecule has 0 radical (unpaired) electrons. The molecule has 0 aliphatic heterocycles. The zero-order valence-corrected chi connectivity index (χ0v) is 24.5. The van der Waals surface area contributed by atoms with Gasteiger partial charge < -0.3 is 5.11 Å². The minimum Gasteiger partial charge on any atom is -0.508 e. The maximum absolute atomic E-state index is 12.2. The molecule has 2 aromatic heterocycles. The second-order valence-corrected chi connectivity index (χ2v) is 16.0. The maximum atomic E-state index is 12.2. The van der Waals surface area contributed by atoms with Crippen LogP contribution in [0.3, 0.4) is 0 Å². The zero-order valence-electron chi connectivity index (χ0n) is 23.5. The van der Waals surface area contributed by atoms with Gasteiger partial charge in [0.2, 0.25) is 0 Å². The summed E-state index contributed by atoms with van der Waals surface area (Å²) in [6.07, 6.45) is 3.66. The van der Waals surface area contributed by atoms with Crippen LogP contribution in [0.25, 0.3) is 0 Å². The molecule has 1 N–H and O–H groups in total. The molecule has 3 aromatic carbocycles. The van der Waals surface area contributed by atoms with Gasteiger partial charge in [-0.05, 0) is 44.9 Å². The van der Waals surface area contributed by atoms with Crippen LogP contribution in [0.15, 0.2) is 128 Å².